The smallest absolute Gasteiger partial charge is 0.224 e. The van der Waals surface area contributed by atoms with Gasteiger partial charge in [0.1, 0.15) is 0 Å². The number of primary amides is 1. The van der Waals surface area contributed by atoms with Crippen LogP contribution in [-0.4, -0.2) is 31.5 Å². The minimum absolute atomic E-state index is 0.317. The van der Waals surface area contributed by atoms with E-state index in [2.05, 4.69) is 22.5 Å². The molecule has 21 heavy (non-hydrogen) atoms. The van der Waals surface area contributed by atoms with Gasteiger partial charge >= 0.3 is 0 Å². The Labute approximate surface area is 129 Å². The Morgan fingerprint density at radius 3 is 2.33 bits per heavy atom. The van der Waals surface area contributed by atoms with Crippen molar-refractivity contribution in [2.24, 2.45) is 21.6 Å². The molecule has 1 saturated carbocycles. The van der Waals surface area contributed by atoms with Crippen molar-refractivity contribution in [1.29, 1.82) is 0 Å². The molecule has 0 unspecified atom stereocenters. The standard InChI is InChI=1S/C16H32N4O/c1-5-16(9-7-8-10-16)12-20-14(18-6-2)19-11-15(3,4)13(17)21/h5-12H2,1-4H3,(H2,17,21)(H2,18,19,20). The average Bonchev–Trinajstić information content (AvgIpc) is 2.91. The van der Waals surface area contributed by atoms with E-state index in [1.54, 1.807) is 0 Å². The first kappa shape index (κ1) is 17.8. The van der Waals surface area contributed by atoms with E-state index in [-0.39, 0.29) is 5.91 Å². The zero-order chi connectivity index (χ0) is 15.9. The number of carbonyl (C=O) groups excluding carboxylic acids is 1. The number of guanidine groups is 1. The van der Waals surface area contributed by atoms with Crippen LogP contribution in [0.2, 0.25) is 0 Å². The Bertz CT molecular complexity index is 370. The van der Waals surface area contributed by atoms with Crippen molar-refractivity contribution < 1.29 is 4.79 Å². The highest BCUT2D eigenvalue weighted by Gasteiger charge is 2.32. The predicted octanol–water partition coefficient (Wildman–Crippen LogP) is 2.02. The van der Waals surface area contributed by atoms with Gasteiger partial charge in [0.05, 0.1) is 12.0 Å². The van der Waals surface area contributed by atoms with Crippen molar-refractivity contribution in [2.75, 3.05) is 19.6 Å². The Morgan fingerprint density at radius 2 is 1.86 bits per heavy atom. The molecule has 0 aromatic carbocycles. The SMILES string of the molecule is CCNC(=NCC(C)(C)C(N)=O)NCC1(CC)CCCC1. The highest BCUT2D eigenvalue weighted by molar-refractivity contribution is 5.82. The third-order valence-corrected chi connectivity index (χ3v) is 4.69. The Kier molecular flexibility index (Phi) is 6.49. The molecule has 0 saturated heterocycles. The second kappa shape index (κ2) is 7.66. The Hall–Kier alpha value is -1.26. The van der Waals surface area contributed by atoms with E-state index in [1.807, 2.05) is 20.8 Å². The van der Waals surface area contributed by atoms with Crippen LogP contribution in [0.3, 0.4) is 0 Å². The number of hydrogen-bond donors (Lipinski definition) is 3. The molecule has 1 rings (SSSR count). The summed E-state index contributed by atoms with van der Waals surface area (Å²) >= 11 is 0. The summed E-state index contributed by atoms with van der Waals surface area (Å²) < 4.78 is 0. The highest BCUT2D eigenvalue weighted by atomic mass is 16.1. The lowest BCUT2D eigenvalue weighted by molar-refractivity contribution is -0.125. The summed E-state index contributed by atoms with van der Waals surface area (Å²) in [6.45, 7) is 10.1. The van der Waals surface area contributed by atoms with Crippen LogP contribution in [0.25, 0.3) is 0 Å². The molecule has 1 aliphatic rings. The first-order valence-electron chi connectivity index (χ1n) is 8.17. The van der Waals surface area contributed by atoms with E-state index < -0.39 is 5.41 Å². The number of nitrogens with one attached hydrogen (secondary N) is 2. The summed E-state index contributed by atoms with van der Waals surface area (Å²) in [6.07, 6.45) is 6.45. The maximum absolute atomic E-state index is 11.4. The summed E-state index contributed by atoms with van der Waals surface area (Å²) in [5, 5.41) is 6.70. The Morgan fingerprint density at radius 1 is 1.24 bits per heavy atom. The van der Waals surface area contributed by atoms with Crippen LogP contribution in [0.15, 0.2) is 4.99 Å². The minimum Gasteiger partial charge on any atom is -0.369 e. The summed E-state index contributed by atoms with van der Waals surface area (Å²) in [5.74, 6) is 0.467. The van der Waals surface area contributed by atoms with Crippen molar-refractivity contribution in [1.82, 2.24) is 10.6 Å². The molecule has 0 atom stereocenters. The second-order valence-electron chi connectivity index (χ2n) is 6.86. The number of nitrogens with zero attached hydrogens (tertiary/aromatic N) is 1. The van der Waals surface area contributed by atoms with Crippen LogP contribution in [0.4, 0.5) is 0 Å². The lowest BCUT2D eigenvalue weighted by atomic mass is 9.83. The number of rotatable bonds is 7. The van der Waals surface area contributed by atoms with Gasteiger partial charge in [0.25, 0.3) is 0 Å². The molecule has 0 aromatic rings. The van der Waals surface area contributed by atoms with Crippen LogP contribution < -0.4 is 16.4 Å². The molecule has 0 aliphatic heterocycles. The second-order valence-corrected chi connectivity index (χ2v) is 6.86. The lowest BCUT2D eigenvalue weighted by Crippen LogP contribution is -2.44. The summed E-state index contributed by atoms with van der Waals surface area (Å²) in [4.78, 5) is 15.9. The van der Waals surface area contributed by atoms with Gasteiger partial charge < -0.3 is 16.4 Å². The van der Waals surface area contributed by atoms with Gasteiger partial charge in [-0.3, -0.25) is 9.79 Å². The molecule has 0 radical (unpaired) electrons. The van der Waals surface area contributed by atoms with E-state index in [4.69, 9.17) is 5.73 Å². The molecule has 5 nitrogen and oxygen atoms in total. The normalized spacial score (nSPS) is 18.6. The fourth-order valence-electron chi connectivity index (χ4n) is 2.75. The van der Waals surface area contributed by atoms with E-state index >= 15 is 0 Å². The largest absolute Gasteiger partial charge is 0.369 e. The van der Waals surface area contributed by atoms with E-state index in [1.165, 1.54) is 32.1 Å². The molecule has 1 amide bonds. The molecule has 0 bridgehead atoms. The van der Waals surface area contributed by atoms with Crippen LogP contribution in [0, 0.1) is 10.8 Å². The van der Waals surface area contributed by atoms with Gasteiger partial charge in [-0.2, -0.15) is 0 Å². The van der Waals surface area contributed by atoms with Crippen LogP contribution in [0.5, 0.6) is 0 Å². The third kappa shape index (κ3) is 5.21. The number of carbonyl (C=O) groups is 1. The van der Waals surface area contributed by atoms with Crippen LogP contribution in [-0.2, 0) is 4.79 Å². The molecule has 5 heteroatoms. The molecule has 0 spiro atoms. The quantitative estimate of drug-likeness (QED) is 0.497. The van der Waals surface area contributed by atoms with Crippen molar-refractivity contribution in [3.05, 3.63) is 0 Å². The van der Waals surface area contributed by atoms with Gasteiger partial charge in [-0.25, -0.2) is 0 Å². The van der Waals surface area contributed by atoms with Gasteiger partial charge in [-0.05, 0) is 45.4 Å². The van der Waals surface area contributed by atoms with Crippen LogP contribution >= 0.6 is 0 Å². The maximum Gasteiger partial charge on any atom is 0.224 e. The molecule has 0 aromatic heterocycles. The third-order valence-electron chi connectivity index (χ3n) is 4.69. The minimum atomic E-state index is -0.613. The molecule has 1 fully saturated rings. The van der Waals surface area contributed by atoms with Gasteiger partial charge in [0, 0.05) is 13.1 Å². The van der Waals surface area contributed by atoms with E-state index in [0.29, 0.717) is 12.0 Å². The number of hydrogen-bond acceptors (Lipinski definition) is 2. The van der Waals surface area contributed by atoms with Gasteiger partial charge in [0.15, 0.2) is 5.96 Å². The first-order valence-corrected chi connectivity index (χ1v) is 8.17. The number of amides is 1. The van der Waals surface area contributed by atoms with Crippen molar-refractivity contribution in [3.8, 4) is 0 Å². The average molecular weight is 296 g/mol. The fourth-order valence-corrected chi connectivity index (χ4v) is 2.75. The van der Waals surface area contributed by atoms with Gasteiger partial charge in [-0.15, -0.1) is 0 Å². The monoisotopic (exact) mass is 296 g/mol. The van der Waals surface area contributed by atoms with E-state index in [0.717, 1.165) is 19.0 Å². The van der Waals surface area contributed by atoms with Gasteiger partial charge in [-0.1, -0.05) is 19.8 Å². The molecule has 122 valence electrons. The van der Waals surface area contributed by atoms with Crippen molar-refractivity contribution in [3.63, 3.8) is 0 Å². The topological polar surface area (TPSA) is 79.5 Å². The molecular weight excluding hydrogens is 264 g/mol. The number of nitrogens with two attached hydrogens (primary N) is 1. The van der Waals surface area contributed by atoms with Gasteiger partial charge in [0.2, 0.25) is 5.91 Å². The summed E-state index contributed by atoms with van der Waals surface area (Å²) in [7, 11) is 0. The highest BCUT2D eigenvalue weighted by Crippen LogP contribution is 2.40. The fraction of sp³-hybridized carbons (Fsp3) is 0.875. The van der Waals surface area contributed by atoms with Crippen molar-refractivity contribution in [2.45, 2.75) is 59.8 Å². The first-order chi connectivity index (χ1) is 9.85. The van der Waals surface area contributed by atoms with Crippen LogP contribution in [0.1, 0.15) is 59.8 Å². The predicted molar refractivity (Wildman–Crippen MR) is 88.1 cm³/mol. The molecular formula is C16H32N4O. The molecule has 4 N–H and O–H groups in total. The van der Waals surface area contributed by atoms with E-state index in [9.17, 15) is 4.79 Å². The summed E-state index contributed by atoms with van der Waals surface area (Å²) in [5.41, 5.74) is 5.20. The zero-order valence-electron chi connectivity index (χ0n) is 14.1. The lowest BCUT2D eigenvalue weighted by Gasteiger charge is -2.29. The maximum atomic E-state index is 11.4. The summed E-state index contributed by atoms with van der Waals surface area (Å²) in [6, 6.07) is 0. The molecule has 1 aliphatic carbocycles. The zero-order valence-corrected chi connectivity index (χ0v) is 14.1. The number of aliphatic imine (C=N–C) groups is 1. The van der Waals surface area contributed by atoms with Crippen molar-refractivity contribution >= 4 is 11.9 Å². The molecule has 0 heterocycles. The Balaban J connectivity index is 2.62.